The molecule has 0 atom stereocenters. The zero-order chi connectivity index (χ0) is 8.27. The Balaban J connectivity index is 2.82. The van der Waals surface area contributed by atoms with Crippen molar-refractivity contribution in [3.8, 4) is 0 Å². The van der Waals surface area contributed by atoms with Gasteiger partial charge in [-0.1, -0.05) is 22.0 Å². The van der Waals surface area contributed by atoms with Gasteiger partial charge in [0.25, 0.3) is 0 Å². The van der Waals surface area contributed by atoms with E-state index in [-0.39, 0.29) is 5.75 Å². The van der Waals surface area contributed by atoms with Crippen molar-refractivity contribution in [2.45, 2.75) is 5.75 Å². The zero-order valence-corrected chi connectivity index (χ0v) is 8.06. The Morgan fingerprint density at radius 3 is 2.64 bits per heavy atom. The molecule has 0 aliphatic heterocycles. The third-order valence-corrected chi connectivity index (χ3v) is 2.23. The van der Waals surface area contributed by atoms with Crippen LogP contribution in [0.4, 0.5) is 0 Å². The first kappa shape index (κ1) is 8.74. The normalized spacial score (nSPS) is 10.4. The van der Waals surface area contributed by atoms with E-state index in [1.165, 1.54) is 0 Å². The lowest BCUT2D eigenvalue weighted by molar-refractivity contribution is 0.614. The van der Waals surface area contributed by atoms with Gasteiger partial charge >= 0.3 is 0 Å². The predicted molar refractivity (Wildman–Crippen MR) is 47.0 cm³/mol. The molecule has 0 amide bonds. The van der Waals surface area contributed by atoms with Gasteiger partial charge in [-0.25, -0.2) is 8.42 Å². The van der Waals surface area contributed by atoms with Crippen LogP contribution in [-0.4, -0.2) is 8.42 Å². The fraction of sp³-hybridized carbons (Fsp3) is 0.143. The molecule has 2 nitrogen and oxygen atoms in total. The van der Waals surface area contributed by atoms with E-state index < -0.39 is 10.7 Å². The highest BCUT2D eigenvalue weighted by Crippen LogP contribution is 2.09. The molecular formula is C7H6BrO2S. The summed E-state index contributed by atoms with van der Waals surface area (Å²) in [5.74, 6) is 0.0720. The lowest BCUT2D eigenvalue weighted by Gasteiger charge is -1.92. The topological polar surface area (TPSA) is 34.1 Å². The maximum atomic E-state index is 10.3. The first-order valence-electron chi connectivity index (χ1n) is 2.96. The fourth-order valence-corrected chi connectivity index (χ4v) is 1.40. The van der Waals surface area contributed by atoms with Gasteiger partial charge < -0.3 is 0 Å². The van der Waals surface area contributed by atoms with Gasteiger partial charge in [0.05, 0.1) is 5.75 Å². The second-order valence-corrected chi connectivity index (χ2v) is 3.92. The Hall–Kier alpha value is -0.350. The number of rotatable bonds is 2. The maximum absolute atomic E-state index is 10.3. The third-order valence-electron chi connectivity index (χ3n) is 1.14. The zero-order valence-electron chi connectivity index (χ0n) is 5.58. The smallest absolute Gasteiger partial charge is 0.144 e. The van der Waals surface area contributed by atoms with E-state index in [2.05, 4.69) is 22.0 Å². The summed E-state index contributed by atoms with van der Waals surface area (Å²) >= 11 is 3.23. The summed E-state index contributed by atoms with van der Waals surface area (Å²) in [6.07, 6.45) is 0. The highest BCUT2D eigenvalue weighted by molar-refractivity contribution is 9.10. The molecule has 0 aliphatic rings. The Bertz CT molecular complexity index is 295. The first-order valence-corrected chi connectivity index (χ1v) is 5.12. The minimum Gasteiger partial charge on any atom is -0.232 e. The molecule has 1 aromatic carbocycles. The molecule has 0 aliphatic carbocycles. The van der Waals surface area contributed by atoms with Gasteiger partial charge in [-0.05, 0) is 23.8 Å². The van der Waals surface area contributed by atoms with E-state index in [1.807, 2.05) is 0 Å². The molecular weight excluding hydrogens is 228 g/mol. The molecule has 0 saturated carbocycles. The molecule has 0 heterocycles. The molecule has 0 saturated heterocycles. The van der Waals surface area contributed by atoms with Gasteiger partial charge in [0.1, 0.15) is 10.7 Å². The van der Waals surface area contributed by atoms with Crippen LogP contribution in [-0.2, 0) is 16.5 Å². The Kier molecular flexibility index (Phi) is 3.08. The Morgan fingerprint density at radius 2 is 2.18 bits per heavy atom. The number of halogens is 1. The molecule has 0 spiro atoms. The quantitative estimate of drug-likeness (QED) is 0.784. The van der Waals surface area contributed by atoms with Gasteiger partial charge in [0, 0.05) is 4.47 Å². The van der Waals surface area contributed by atoms with Gasteiger partial charge in [0.15, 0.2) is 0 Å². The average molecular weight is 234 g/mol. The third kappa shape index (κ3) is 3.03. The molecule has 59 valence electrons. The molecule has 1 radical (unpaired) electrons. The summed E-state index contributed by atoms with van der Waals surface area (Å²) < 4.78 is 21.4. The molecule has 0 fully saturated rings. The molecule has 0 bridgehead atoms. The summed E-state index contributed by atoms with van der Waals surface area (Å²) in [6.45, 7) is 0. The van der Waals surface area contributed by atoms with Crippen LogP contribution in [0.2, 0.25) is 0 Å². The van der Waals surface area contributed by atoms with Crippen LogP contribution in [0.25, 0.3) is 0 Å². The second kappa shape index (κ2) is 3.88. The van der Waals surface area contributed by atoms with Crippen molar-refractivity contribution in [1.29, 1.82) is 0 Å². The van der Waals surface area contributed by atoms with Gasteiger partial charge in [-0.15, -0.1) is 0 Å². The average Bonchev–Trinajstić information content (AvgIpc) is 1.93. The van der Waals surface area contributed by atoms with E-state index in [1.54, 1.807) is 18.2 Å². The SMILES string of the molecule is O=[SH](=O)Cc1[c]cc(Br)cc1. The largest absolute Gasteiger partial charge is 0.232 e. The number of hydrogen-bond acceptors (Lipinski definition) is 2. The first-order chi connectivity index (χ1) is 5.18. The van der Waals surface area contributed by atoms with E-state index >= 15 is 0 Å². The van der Waals surface area contributed by atoms with Crippen molar-refractivity contribution < 1.29 is 8.42 Å². The van der Waals surface area contributed by atoms with Crippen LogP contribution in [0.5, 0.6) is 0 Å². The minimum atomic E-state index is -2.33. The van der Waals surface area contributed by atoms with Crippen molar-refractivity contribution >= 4 is 26.6 Å². The van der Waals surface area contributed by atoms with E-state index in [4.69, 9.17) is 0 Å². The highest BCUT2D eigenvalue weighted by Gasteiger charge is 1.93. The Morgan fingerprint density at radius 1 is 1.45 bits per heavy atom. The van der Waals surface area contributed by atoms with Crippen LogP contribution >= 0.6 is 15.9 Å². The van der Waals surface area contributed by atoms with Gasteiger partial charge in [-0.3, -0.25) is 0 Å². The van der Waals surface area contributed by atoms with Crippen molar-refractivity contribution in [2.24, 2.45) is 0 Å². The lowest BCUT2D eigenvalue weighted by atomic mass is 10.2. The molecule has 0 N–H and O–H groups in total. The van der Waals surface area contributed by atoms with Crippen LogP contribution in [0.3, 0.4) is 0 Å². The van der Waals surface area contributed by atoms with Crippen LogP contribution < -0.4 is 0 Å². The van der Waals surface area contributed by atoms with Crippen LogP contribution in [0.15, 0.2) is 22.7 Å². The van der Waals surface area contributed by atoms with E-state index in [9.17, 15) is 8.42 Å². The highest BCUT2D eigenvalue weighted by atomic mass is 79.9. The molecule has 11 heavy (non-hydrogen) atoms. The van der Waals surface area contributed by atoms with E-state index in [0.717, 1.165) is 4.47 Å². The molecule has 4 heteroatoms. The van der Waals surface area contributed by atoms with Crippen LogP contribution in [0.1, 0.15) is 5.56 Å². The summed E-state index contributed by atoms with van der Waals surface area (Å²) in [5.41, 5.74) is 0.698. The maximum Gasteiger partial charge on any atom is 0.144 e. The molecule has 0 unspecified atom stereocenters. The lowest BCUT2D eigenvalue weighted by Crippen LogP contribution is -1.85. The number of thiol groups is 1. The summed E-state index contributed by atoms with van der Waals surface area (Å²) in [6, 6.07) is 8.07. The van der Waals surface area contributed by atoms with Crippen molar-refractivity contribution in [3.05, 3.63) is 34.3 Å². The summed E-state index contributed by atoms with van der Waals surface area (Å²) in [4.78, 5) is 0. The van der Waals surface area contributed by atoms with Crippen molar-refractivity contribution in [1.82, 2.24) is 0 Å². The van der Waals surface area contributed by atoms with Crippen molar-refractivity contribution in [3.63, 3.8) is 0 Å². The second-order valence-electron chi connectivity index (χ2n) is 2.02. The standard InChI is InChI=1S/C7H6BrO2S/c8-7-3-1-6(2-4-7)5-11(9)10/h1,3-4,11H,5H2. The molecule has 1 aromatic rings. The van der Waals surface area contributed by atoms with Gasteiger partial charge in [-0.2, -0.15) is 0 Å². The fourth-order valence-electron chi connectivity index (χ4n) is 0.676. The van der Waals surface area contributed by atoms with Crippen LogP contribution in [0, 0.1) is 6.07 Å². The summed E-state index contributed by atoms with van der Waals surface area (Å²) in [7, 11) is -2.33. The summed E-state index contributed by atoms with van der Waals surface area (Å²) in [5, 5.41) is 0. The molecule has 0 aromatic heterocycles. The monoisotopic (exact) mass is 233 g/mol. The van der Waals surface area contributed by atoms with Crippen molar-refractivity contribution in [2.75, 3.05) is 0 Å². The number of benzene rings is 1. The Labute approximate surface area is 75.3 Å². The predicted octanol–water partition coefficient (Wildman–Crippen LogP) is 1.36. The minimum absolute atomic E-state index is 0.0720. The number of hydrogen-bond donors (Lipinski definition) is 1. The van der Waals surface area contributed by atoms with E-state index in [0.29, 0.717) is 5.56 Å². The van der Waals surface area contributed by atoms with Gasteiger partial charge in [0.2, 0.25) is 0 Å². The molecule has 1 rings (SSSR count).